The summed E-state index contributed by atoms with van der Waals surface area (Å²) in [6.45, 7) is 1.81. The molecule has 5 nitrogen and oxygen atoms in total. The van der Waals surface area contributed by atoms with E-state index in [-0.39, 0.29) is 17.4 Å². The number of anilines is 1. The first-order valence-corrected chi connectivity index (χ1v) is 6.91. The van der Waals surface area contributed by atoms with Crippen molar-refractivity contribution in [3.8, 4) is 5.75 Å². The summed E-state index contributed by atoms with van der Waals surface area (Å²) < 4.78 is 45.5. The highest BCUT2D eigenvalue weighted by molar-refractivity contribution is 5.89. The fraction of sp³-hybridized carbons (Fsp3) is 0.500. The third-order valence-corrected chi connectivity index (χ3v) is 3.13. The Balaban J connectivity index is 1.81. The Kier molecular flexibility index (Phi) is 5.48. The minimum atomic E-state index is -4.76. The van der Waals surface area contributed by atoms with Gasteiger partial charge in [0.2, 0.25) is 0 Å². The van der Waals surface area contributed by atoms with Crippen molar-refractivity contribution in [2.45, 2.75) is 19.2 Å². The Bertz CT molecular complexity index is 502. The molecule has 122 valence electrons. The second kappa shape index (κ2) is 7.35. The number of carbonyl (C=O) groups excluding carboxylic acids is 1. The summed E-state index contributed by atoms with van der Waals surface area (Å²) in [6, 6.07) is 4.64. The molecule has 2 rings (SSSR count). The van der Waals surface area contributed by atoms with Gasteiger partial charge in [0, 0.05) is 24.9 Å². The Hall–Kier alpha value is -1.96. The van der Waals surface area contributed by atoms with Crippen molar-refractivity contribution >= 4 is 11.7 Å². The standard InChI is InChI=1S/C14H17F3N2O3/c15-14(16,17)22-12-5-1-4-11(7-12)19-13(20)18-8-10-3-2-6-21-9-10/h1,4-5,7,10H,2-3,6,8-9H2,(H2,18,19,20)/t10-/m0/s1. The van der Waals surface area contributed by atoms with Crippen LogP contribution in [0.15, 0.2) is 24.3 Å². The predicted molar refractivity (Wildman–Crippen MR) is 73.7 cm³/mol. The van der Waals surface area contributed by atoms with Gasteiger partial charge in [-0.05, 0) is 30.9 Å². The van der Waals surface area contributed by atoms with Crippen LogP contribution >= 0.6 is 0 Å². The van der Waals surface area contributed by atoms with E-state index in [2.05, 4.69) is 15.4 Å². The highest BCUT2D eigenvalue weighted by Crippen LogP contribution is 2.25. The number of rotatable bonds is 4. The lowest BCUT2D eigenvalue weighted by Gasteiger charge is -2.22. The van der Waals surface area contributed by atoms with E-state index >= 15 is 0 Å². The van der Waals surface area contributed by atoms with Crippen molar-refractivity contribution in [2.24, 2.45) is 5.92 Å². The first kappa shape index (κ1) is 16.4. The number of halogens is 3. The molecule has 2 amide bonds. The number of benzene rings is 1. The number of hydrogen-bond donors (Lipinski definition) is 2. The van der Waals surface area contributed by atoms with Crippen LogP contribution in [-0.4, -0.2) is 32.2 Å². The molecule has 8 heteroatoms. The van der Waals surface area contributed by atoms with E-state index < -0.39 is 12.4 Å². The maximum atomic E-state index is 12.1. The van der Waals surface area contributed by atoms with Crippen LogP contribution in [0.3, 0.4) is 0 Å². The largest absolute Gasteiger partial charge is 0.573 e. The number of amides is 2. The molecule has 1 aliphatic heterocycles. The number of nitrogens with one attached hydrogen (secondary N) is 2. The van der Waals surface area contributed by atoms with Crippen molar-refractivity contribution in [3.05, 3.63) is 24.3 Å². The van der Waals surface area contributed by atoms with Crippen LogP contribution in [0, 0.1) is 5.92 Å². The van der Waals surface area contributed by atoms with E-state index in [0.717, 1.165) is 31.6 Å². The molecule has 1 aromatic carbocycles. The molecule has 0 bridgehead atoms. The SMILES string of the molecule is O=C(NC[C@@H]1CCCOC1)Nc1cccc(OC(F)(F)F)c1. The number of ether oxygens (including phenoxy) is 2. The van der Waals surface area contributed by atoms with Gasteiger partial charge in [0.15, 0.2) is 0 Å². The van der Waals surface area contributed by atoms with Crippen molar-refractivity contribution in [3.63, 3.8) is 0 Å². The van der Waals surface area contributed by atoms with Gasteiger partial charge in [0.05, 0.1) is 6.61 Å². The van der Waals surface area contributed by atoms with Crippen LogP contribution in [0.5, 0.6) is 5.75 Å². The molecule has 2 N–H and O–H groups in total. The van der Waals surface area contributed by atoms with Crippen molar-refractivity contribution in [2.75, 3.05) is 25.1 Å². The van der Waals surface area contributed by atoms with Crippen LogP contribution < -0.4 is 15.4 Å². The predicted octanol–water partition coefficient (Wildman–Crippen LogP) is 3.13. The lowest BCUT2D eigenvalue weighted by Crippen LogP contribution is -2.35. The molecule has 22 heavy (non-hydrogen) atoms. The third-order valence-electron chi connectivity index (χ3n) is 3.13. The van der Waals surface area contributed by atoms with Crippen LogP contribution in [-0.2, 0) is 4.74 Å². The Morgan fingerprint density at radius 1 is 1.41 bits per heavy atom. The number of carbonyl (C=O) groups is 1. The van der Waals surface area contributed by atoms with E-state index in [1.54, 1.807) is 0 Å². The molecule has 0 aliphatic carbocycles. The molecule has 1 saturated heterocycles. The fourth-order valence-electron chi connectivity index (χ4n) is 2.15. The van der Waals surface area contributed by atoms with Gasteiger partial charge in [-0.1, -0.05) is 6.07 Å². The van der Waals surface area contributed by atoms with Gasteiger partial charge in [0.25, 0.3) is 0 Å². The molecule has 1 aromatic rings. The normalized spacial score (nSPS) is 18.6. The molecular weight excluding hydrogens is 301 g/mol. The van der Waals surface area contributed by atoms with Gasteiger partial charge in [-0.2, -0.15) is 0 Å². The van der Waals surface area contributed by atoms with Crippen LogP contribution in [0.2, 0.25) is 0 Å². The third kappa shape index (κ3) is 5.80. The summed E-state index contributed by atoms with van der Waals surface area (Å²) in [5.41, 5.74) is 0.221. The van der Waals surface area contributed by atoms with Crippen LogP contribution in [0.25, 0.3) is 0 Å². The second-order valence-corrected chi connectivity index (χ2v) is 4.99. The van der Waals surface area contributed by atoms with Crippen LogP contribution in [0.4, 0.5) is 23.7 Å². The Morgan fingerprint density at radius 2 is 2.23 bits per heavy atom. The quantitative estimate of drug-likeness (QED) is 0.896. The van der Waals surface area contributed by atoms with E-state index in [1.165, 1.54) is 12.1 Å². The monoisotopic (exact) mass is 318 g/mol. The Morgan fingerprint density at radius 3 is 2.91 bits per heavy atom. The molecule has 1 aliphatic rings. The van der Waals surface area contributed by atoms with E-state index in [0.29, 0.717) is 13.2 Å². The summed E-state index contributed by atoms with van der Waals surface area (Å²) in [5.74, 6) is -0.120. The molecule has 0 saturated carbocycles. The van der Waals surface area contributed by atoms with E-state index in [4.69, 9.17) is 4.74 Å². The molecule has 1 fully saturated rings. The summed E-state index contributed by atoms with van der Waals surface area (Å²) in [7, 11) is 0. The summed E-state index contributed by atoms with van der Waals surface area (Å²) in [4.78, 5) is 11.7. The zero-order valence-electron chi connectivity index (χ0n) is 11.8. The van der Waals surface area contributed by atoms with Gasteiger partial charge >= 0.3 is 12.4 Å². The molecule has 0 spiro atoms. The molecular formula is C14H17F3N2O3. The highest BCUT2D eigenvalue weighted by Gasteiger charge is 2.31. The topological polar surface area (TPSA) is 59.6 Å². The molecule has 0 radical (unpaired) electrons. The van der Waals surface area contributed by atoms with Gasteiger partial charge in [0.1, 0.15) is 5.75 Å². The first-order valence-electron chi connectivity index (χ1n) is 6.91. The zero-order valence-corrected chi connectivity index (χ0v) is 11.8. The van der Waals surface area contributed by atoms with Crippen molar-refractivity contribution in [1.82, 2.24) is 5.32 Å². The second-order valence-electron chi connectivity index (χ2n) is 4.99. The lowest BCUT2D eigenvalue weighted by molar-refractivity contribution is -0.274. The van der Waals surface area contributed by atoms with Crippen molar-refractivity contribution < 1.29 is 27.4 Å². The average Bonchev–Trinajstić information content (AvgIpc) is 2.45. The maximum absolute atomic E-state index is 12.1. The minimum Gasteiger partial charge on any atom is -0.406 e. The number of hydrogen-bond acceptors (Lipinski definition) is 3. The fourth-order valence-corrected chi connectivity index (χ4v) is 2.15. The lowest BCUT2D eigenvalue weighted by atomic mass is 10.0. The highest BCUT2D eigenvalue weighted by atomic mass is 19.4. The van der Waals surface area contributed by atoms with Gasteiger partial charge < -0.3 is 20.1 Å². The van der Waals surface area contributed by atoms with Gasteiger partial charge in [-0.25, -0.2) is 4.79 Å². The zero-order chi connectivity index (χ0) is 16.0. The molecule has 1 heterocycles. The summed E-state index contributed by atoms with van der Waals surface area (Å²) >= 11 is 0. The van der Waals surface area contributed by atoms with Gasteiger partial charge in [-0.15, -0.1) is 13.2 Å². The van der Waals surface area contributed by atoms with Gasteiger partial charge in [-0.3, -0.25) is 0 Å². The number of urea groups is 1. The van der Waals surface area contributed by atoms with Crippen LogP contribution in [0.1, 0.15) is 12.8 Å². The van der Waals surface area contributed by atoms with E-state index in [9.17, 15) is 18.0 Å². The maximum Gasteiger partial charge on any atom is 0.573 e. The minimum absolute atomic E-state index is 0.221. The summed E-state index contributed by atoms with van der Waals surface area (Å²) in [5, 5.41) is 5.14. The smallest absolute Gasteiger partial charge is 0.406 e. The Labute approximate surface area is 125 Å². The molecule has 1 atom stereocenters. The summed E-state index contributed by atoms with van der Waals surface area (Å²) in [6.07, 6.45) is -2.82. The van der Waals surface area contributed by atoms with E-state index in [1.807, 2.05) is 0 Å². The number of alkyl halides is 3. The molecule has 0 unspecified atom stereocenters. The average molecular weight is 318 g/mol. The van der Waals surface area contributed by atoms with Crippen molar-refractivity contribution in [1.29, 1.82) is 0 Å². The first-order chi connectivity index (χ1) is 10.4. The molecule has 0 aromatic heterocycles.